The third-order valence-electron chi connectivity index (χ3n) is 4.56. The Bertz CT molecular complexity index is 1400. The molecule has 0 saturated carbocycles. The van der Waals surface area contributed by atoms with Gasteiger partial charge < -0.3 is 18.3 Å². The van der Waals surface area contributed by atoms with Gasteiger partial charge in [-0.25, -0.2) is 18.0 Å². The lowest BCUT2D eigenvalue weighted by molar-refractivity contribution is 0.336. The maximum atomic E-state index is 13.2. The summed E-state index contributed by atoms with van der Waals surface area (Å²) in [6, 6.07) is 12.0. The molecule has 0 atom stereocenters. The van der Waals surface area contributed by atoms with Crippen LogP contribution in [-0.4, -0.2) is 21.6 Å². The van der Waals surface area contributed by atoms with Crippen LogP contribution in [-0.2, 0) is 9.84 Å². The maximum absolute atomic E-state index is 13.2. The molecule has 0 spiro atoms. The van der Waals surface area contributed by atoms with Gasteiger partial charge in [-0.3, -0.25) is 0 Å². The Balaban J connectivity index is 1.93. The van der Waals surface area contributed by atoms with E-state index < -0.39 is 30.9 Å². The number of hydrogen-bond acceptors (Lipinski definition) is 8. The first-order chi connectivity index (χ1) is 14.9. The Hall–Kier alpha value is -3.59. The van der Waals surface area contributed by atoms with E-state index in [1.165, 1.54) is 12.1 Å². The second-order valence-electron chi connectivity index (χ2n) is 6.51. The van der Waals surface area contributed by atoms with E-state index in [1.54, 1.807) is 50.2 Å². The van der Waals surface area contributed by atoms with Crippen molar-refractivity contribution in [3.05, 3.63) is 69.4 Å². The predicted molar refractivity (Wildman–Crippen MR) is 113 cm³/mol. The fourth-order valence-corrected chi connectivity index (χ4v) is 4.55. The van der Waals surface area contributed by atoms with Gasteiger partial charge in [0.25, 0.3) is 0 Å². The molecule has 2 aromatic carbocycles. The van der Waals surface area contributed by atoms with Gasteiger partial charge in [-0.1, -0.05) is 24.3 Å². The smallest absolute Gasteiger partial charge is 0.355 e. The average Bonchev–Trinajstić information content (AvgIpc) is 2.74. The van der Waals surface area contributed by atoms with Crippen LogP contribution in [0.15, 0.2) is 76.7 Å². The Kier molecular flexibility index (Phi) is 5.28. The fraction of sp³-hybridized carbons (Fsp3) is 0.182. The minimum absolute atomic E-state index is 0.125. The van der Waals surface area contributed by atoms with Crippen molar-refractivity contribution in [3.8, 4) is 11.5 Å². The Morgan fingerprint density at radius 1 is 0.742 bits per heavy atom. The lowest BCUT2D eigenvalue weighted by Crippen LogP contribution is -2.20. The van der Waals surface area contributed by atoms with Crippen LogP contribution in [0.1, 0.15) is 13.8 Å². The number of para-hydroxylation sites is 2. The predicted octanol–water partition coefficient (Wildman–Crippen LogP) is 3.53. The molecule has 0 radical (unpaired) electrons. The van der Waals surface area contributed by atoms with Crippen molar-refractivity contribution < 1.29 is 26.7 Å². The van der Waals surface area contributed by atoms with Crippen molar-refractivity contribution in [2.75, 3.05) is 13.2 Å². The van der Waals surface area contributed by atoms with Gasteiger partial charge in [-0.2, -0.15) is 0 Å². The van der Waals surface area contributed by atoms with Crippen LogP contribution in [0.4, 0.5) is 0 Å². The van der Waals surface area contributed by atoms with Crippen LogP contribution in [0.25, 0.3) is 21.9 Å². The van der Waals surface area contributed by atoms with Crippen LogP contribution < -0.4 is 20.7 Å². The van der Waals surface area contributed by atoms with Gasteiger partial charge in [0.2, 0.25) is 9.84 Å². The minimum Gasteiger partial charge on any atom is -0.490 e. The van der Waals surface area contributed by atoms with E-state index in [0.717, 1.165) is 0 Å². The van der Waals surface area contributed by atoms with Crippen LogP contribution in [0.5, 0.6) is 11.5 Å². The van der Waals surface area contributed by atoms with E-state index in [4.69, 9.17) is 18.3 Å². The molecule has 9 heteroatoms. The molecule has 2 heterocycles. The van der Waals surface area contributed by atoms with E-state index in [9.17, 15) is 18.0 Å². The van der Waals surface area contributed by atoms with Gasteiger partial charge in [0, 0.05) is 10.8 Å². The zero-order valence-corrected chi connectivity index (χ0v) is 17.5. The van der Waals surface area contributed by atoms with Gasteiger partial charge in [0.15, 0.2) is 32.5 Å². The Morgan fingerprint density at radius 2 is 1.16 bits per heavy atom. The topological polar surface area (TPSA) is 113 Å². The first kappa shape index (κ1) is 20.7. The van der Waals surface area contributed by atoms with Crippen LogP contribution >= 0.6 is 0 Å². The van der Waals surface area contributed by atoms with Crippen LogP contribution in [0.2, 0.25) is 0 Å². The van der Waals surface area contributed by atoms with E-state index in [2.05, 4.69) is 0 Å². The molecule has 0 unspecified atom stereocenters. The molecule has 2 aromatic heterocycles. The molecule has 0 aliphatic heterocycles. The number of fused-ring (bicyclic) bond motifs is 2. The molecule has 0 bridgehead atoms. The molecular weight excluding hydrogens is 424 g/mol. The highest BCUT2D eigenvalue weighted by molar-refractivity contribution is 7.91. The number of hydrogen-bond donors (Lipinski definition) is 0. The third-order valence-corrected chi connectivity index (χ3v) is 6.29. The summed E-state index contributed by atoms with van der Waals surface area (Å²) in [6.45, 7) is 4.22. The van der Waals surface area contributed by atoms with E-state index in [-0.39, 0.29) is 11.2 Å². The van der Waals surface area contributed by atoms with Crippen molar-refractivity contribution in [1.82, 2.24) is 0 Å². The quantitative estimate of drug-likeness (QED) is 0.417. The van der Waals surface area contributed by atoms with Gasteiger partial charge in [-0.15, -0.1) is 0 Å². The molecule has 31 heavy (non-hydrogen) atoms. The first-order valence-corrected chi connectivity index (χ1v) is 11.0. The highest BCUT2D eigenvalue weighted by Gasteiger charge is 2.28. The summed E-state index contributed by atoms with van der Waals surface area (Å²) in [5.41, 5.74) is -1.97. The van der Waals surface area contributed by atoms with Gasteiger partial charge in [-0.05, 0) is 38.1 Å². The molecule has 0 aliphatic rings. The maximum Gasteiger partial charge on any atom is 0.355 e. The average molecular weight is 442 g/mol. The molecule has 4 aromatic rings. The molecule has 8 nitrogen and oxygen atoms in total. The monoisotopic (exact) mass is 442 g/mol. The highest BCUT2D eigenvalue weighted by Crippen LogP contribution is 2.29. The standard InChI is InChI=1S/C22H18O8S/c1-3-27-15-9-5-7-13-11-17(21(23)29-19(13)15)31(25,26)18-12-14-8-6-10-16(28-4-2)20(14)30-22(18)24/h5-12H,3-4H2,1-2H3. The fourth-order valence-electron chi connectivity index (χ4n) is 3.23. The SMILES string of the molecule is CCOc1cccc2cc(S(=O)(=O)c3cc4cccc(OCC)c4oc3=O)c(=O)oc12. The van der Waals surface area contributed by atoms with E-state index >= 15 is 0 Å². The molecule has 160 valence electrons. The zero-order valence-electron chi connectivity index (χ0n) is 16.7. The number of ether oxygens (including phenoxy) is 2. The Morgan fingerprint density at radius 3 is 1.55 bits per heavy atom. The van der Waals surface area contributed by atoms with Gasteiger partial charge in [0.05, 0.1) is 13.2 Å². The second-order valence-corrected chi connectivity index (χ2v) is 8.40. The second kappa shape index (κ2) is 7.92. The highest BCUT2D eigenvalue weighted by atomic mass is 32.2. The zero-order chi connectivity index (χ0) is 22.2. The lowest BCUT2D eigenvalue weighted by atomic mass is 10.2. The number of benzene rings is 2. The lowest BCUT2D eigenvalue weighted by Gasteiger charge is -2.09. The summed E-state index contributed by atoms with van der Waals surface area (Å²) in [7, 11) is -4.53. The van der Waals surface area contributed by atoms with Crippen molar-refractivity contribution in [2.45, 2.75) is 23.6 Å². The molecule has 0 fully saturated rings. The molecule has 0 amide bonds. The molecule has 0 saturated heterocycles. The van der Waals surface area contributed by atoms with E-state index in [1.807, 2.05) is 0 Å². The van der Waals surface area contributed by atoms with Crippen molar-refractivity contribution in [3.63, 3.8) is 0 Å². The van der Waals surface area contributed by atoms with E-state index in [0.29, 0.717) is 35.5 Å². The van der Waals surface area contributed by atoms with Gasteiger partial charge in [0.1, 0.15) is 0 Å². The van der Waals surface area contributed by atoms with Gasteiger partial charge >= 0.3 is 11.3 Å². The minimum atomic E-state index is -4.53. The molecule has 0 aliphatic carbocycles. The molecule has 4 rings (SSSR count). The van der Waals surface area contributed by atoms with Crippen LogP contribution in [0.3, 0.4) is 0 Å². The van der Waals surface area contributed by atoms with Crippen molar-refractivity contribution in [1.29, 1.82) is 0 Å². The summed E-state index contributed by atoms with van der Waals surface area (Å²) in [5, 5.41) is 0.681. The molecular formula is C22H18O8S. The normalized spacial score (nSPS) is 11.7. The third kappa shape index (κ3) is 3.57. The summed E-state index contributed by atoms with van der Waals surface area (Å²) in [6.07, 6.45) is 0. The van der Waals surface area contributed by atoms with Crippen molar-refractivity contribution in [2.24, 2.45) is 0 Å². The van der Waals surface area contributed by atoms with Crippen molar-refractivity contribution >= 4 is 31.8 Å². The molecule has 0 N–H and O–H groups in total. The summed E-state index contributed by atoms with van der Waals surface area (Å²) < 4.78 is 47.8. The Labute approximate surface area is 176 Å². The first-order valence-electron chi connectivity index (χ1n) is 9.51. The number of sulfone groups is 1. The van der Waals surface area contributed by atoms with Crippen LogP contribution in [0, 0.1) is 0 Å². The summed E-state index contributed by atoms with van der Waals surface area (Å²) in [5.74, 6) is 0.629. The summed E-state index contributed by atoms with van der Waals surface area (Å²) >= 11 is 0. The number of rotatable bonds is 6. The largest absolute Gasteiger partial charge is 0.490 e. The summed E-state index contributed by atoms with van der Waals surface area (Å²) in [4.78, 5) is 23.8.